The van der Waals surface area contributed by atoms with Crippen LogP contribution in [-0.2, 0) is 13.1 Å². The molecule has 0 aromatic heterocycles. The van der Waals surface area contributed by atoms with Crippen LogP contribution in [0.5, 0.6) is 0 Å². The fraction of sp³-hybridized carbons (Fsp3) is 0.286. The molecule has 0 saturated heterocycles. The van der Waals surface area contributed by atoms with Crippen molar-refractivity contribution >= 4 is 6.03 Å². The van der Waals surface area contributed by atoms with E-state index in [9.17, 15) is 4.79 Å². The van der Waals surface area contributed by atoms with E-state index in [4.69, 9.17) is 0 Å². The highest BCUT2D eigenvalue weighted by Crippen LogP contribution is 2.11. The van der Waals surface area contributed by atoms with E-state index in [0.717, 1.165) is 16.7 Å². The van der Waals surface area contributed by atoms with Crippen LogP contribution in [0.1, 0.15) is 31.9 Å². The van der Waals surface area contributed by atoms with Crippen LogP contribution >= 0.6 is 0 Å². The van der Waals surface area contributed by atoms with Crippen molar-refractivity contribution in [3.63, 3.8) is 0 Å². The molecule has 0 unspecified atom stereocenters. The number of nitrogens with zero attached hydrogens (tertiary/aromatic N) is 1. The molecule has 2 aromatic carbocycles. The van der Waals surface area contributed by atoms with Crippen LogP contribution in [0.2, 0.25) is 0 Å². The third kappa shape index (κ3) is 5.58. The summed E-state index contributed by atoms with van der Waals surface area (Å²) in [4.78, 5) is 14.5. The Morgan fingerprint density at radius 3 is 1.83 bits per heavy atom. The van der Waals surface area contributed by atoms with Crippen LogP contribution in [0, 0.1) is 5.92 Å². The van der Waals surface area contributed by atoms with Crippen molar-refractivity contribution in [3.8, 4) is 0 Å². The van der Waals surface area contributed by atoms with E-state index in [1.807, 2.05) is 78.7 Å². The molecule has 2 aromatic rings. The van der Waals surface area contributed by atoms with Crippen LogP contribution in [0.15, 0.2) is 72.4 Å². The average molecular weight is 322 g/mol. The third-order valence-electron chi connectivity index (χ3n) is 4.05. The van der Waals surface area contributed by atoms with Gasteiger partial charge >= 0.3 is 6.03 Å². The zero-order valence-corrected chi connectivity index (χ0v) is 14.7. The van der Waals surface area contributed by atoms with E-state index in [-0.39, 0.29) is 6.03 Å². The second kappa shape index (κ2) is 8.92. The van der Waals surface area contributed by atoms with Gasteiger partial charge in [-0.25, -0.2) is 4.79 Å². The van der Waals surface area contributed by atoms with Crippen LogP contribution in [-0.4, -0.2) is 10.9 Å². The maximum atomic E-state index is 12.6. The van der Waals surface area contributed by atoms with Gasteiger partial charge in [0.25, 0.3) is 0 Å². The van der Waals surface area contributed by atoms with Gasteiger partial charge in [0, 0.05) is 19.3 Å². The van der Waals surface area contributed by atoms with Crippen LogP contribution in [0.3, 0.4) is 0 Å². The first-order valence-electron chi connectivity index (χ1n) is 8.36. The predicted molar refractivity (Wildman–Crippen MR) is 99.3 cm³/mol. The highest BCUT2D eigenvalue weighted by molar-refractivity contribution is 5.75. The molecule has 24 heavy (non-hydrogen) atoms. The van der Waals surface area contributed by atoms with Gasteiger partial charge in [0.1, 0.15) is 0 Å². The third-order valence-corrected chi connectivity index (χ3v) is 4.05. The van der Waals surface area contributed by atoms with E-state index in [1.54, 1.807) is 0 Å². The first-order chi connectivity index (χ1) is 11.6. The molecular formula is C21H26N2O. The molecule has 3 heteroatoms. The van der Waals surface area contributed by atoms with Gasteiger partial charge in [0.15, 0.2) is 0 Å². The maximum Gasteiger partial charge on any atom is 0.321 e. The molecule has 0 aliphatic carbocycles. The molecule has 0 heterocycles. The van der Waals surface area contributed by atoms with E-state index >= 15 is 0 Å². The fourth-order valence-corrected chi connectivity index (χ4v) is 2.24. The summed E-state index contributed by atoms with van der Waals surface area (Å²) in [6.07, 6.45) is 1.82. The van der Waals surface area contributed by atoms with E-state index in [0.29, 0.717) is 19.0 Å². The summed E-state index contributed by atoms with van der Waals surface area (Å²) < 4.78 is 0. The topological polar surface area (TPSA) is 32.3 Å². The zero-order valence-electron chi connectivity index (χ0n) is 14.7. The van der Waals surface area contributed by atoms with E-state index < -0.39 is 0 Å². The molecule has 1 N–H and O–H groups in total. The minimum absolute atomic E-state index is 0.0808. The second-order valence-electron chi connectivity index (χ2n) is 6.32. The molecule has 2 amide bonds. The van der Waals surface area contributed by atoms with Crippen molar-refractivity contribution in [1.29, 1.82) is 0 Å². The fourth-order valence-electron chi connectivity index (χ4n) is 2.24. The van der Waals surface area contributed by atoms with Crippen LogP contribution in [0.4, 0.5) is 4.79 Å². The number of hydrogen-bond acceptors (Lipinski definition) is 1. The second-order valence-corrected chi connectivity index (χ2v) is 6.32. The summed E-state index contributed by atoms with van der Waals surface area (Å²) in [6, 6.07) is 20.0. The SMILES string of the molecule is C/C(=C\NC(=O)N(Cc1ccccc1)Cc1ccccc1)C(C)C. The standard InChI is InChI=1S/C21H26N2O/c1-17(2)18(3)14-22-21(24)23(15-19-10-6-4-7-11-19)16-20-12-8-5-9-13-20/h4-14,17H,15-16H2,1-3H3,(H,22,24)/b18-14+. The summed E-state index contributed by atoms with van der Waals surface area (Å²) >= 11 is 0. The van der Waals surface area contributed by atoms with E-state index in [1.165, 1.54) is 0 Å². The molecule has 0 saturated carbocycles. The van der Waals surface area contributed by atoms with Gasteiger partial charge in [-0.3, -0.25) is 0 Å². The lowest BCUT2D eigenvalue weighted by molar-refractivity contribution is 0.196. The summed E-state index contributed by atoms with van der Waals surface area (Å²) in [5.41, 5.74) is 3.39. The van der Waals surface area contributed by atoms with Gasteiger partial charge in [0.2, 0.25) is 0 Å². The van der Waals surface area contributed by atoms with Crippen molar-refractivity contribution in [1.82, 2.24) is 10.2 Å². The number of allylic oxidation sites excluding steroid dienone is 1. The van der Waals surface area contributed by atoms with Gasteiger partial charge < -0.3 is 10.2 Å². The number of carbonyl (C=O) groups excluding carboxylic acids is 1. The number of hydrogen-bond donors (Lipinski definition) is 1. The van der Waals surface area contributed by atoms with Crippen molar-refractivity contribution in [3.05, 3.63) is 83.6 Å². The molecule has 3 nitrogen and oxygen atoms in total. The number of carbonyl (C=O) groups is 1. The molecule has 0 aliphatic rings. The smallest absolute Gasteiger partial charge is 0.316 e. The molecule has 126 valence electrons. The number of benzene rings is 2. The average Bonchev–Trinajstić information content (AvgIpc) is 2.60. The summed E-state index contributed by atoms with van der Waals surface area (Å²) in [6.45, 7) is 7.42. The van der Waals surface area contributed by atoms with Crippen molar-refractivity contribution in [2.45, 2.75) is 33.9 Å². The Labute approximate surface area is 145 Å². The Morgan fingerprint density at radius 1 is 0.958 bits per heavy atom. The lowest BCUT2D eigenvalue weighted by atomic mass is 10.1. The van der Waals surface area contributed by atoms with Crippen LogP contribution < -0.4 is 5.32 Å². The number of amides is 2. The van der Waals surface area contributed by atoms with Gasteiger partial charge in [-0.1, -0.05) is 80.1 Å². The first-order valence-corrected chi connectivity index (χ1v) is 8.36. The van der Waals surface area contributed by atoms with E-state index in [2.05, 4.69) is 19.2 Å². The molecule has 0 radical (unpaired) electrons. The molecule has 0 bridgehead atoms. The Kier molecular flexibility index (Phi) is 6.62. The van der Waals surface area contributed by atoms with Gasteiger partial charge in [-0.05, 0) is 24.0 Å². The van der Waals surface area contributed by atoms with Crippen molar-refractivity contribution in [2.75, 3.05) is 0 Å². The normalized spacial score (nSPS) is 11.4. The number of urea groups is 1. The zero-order chi connectivity index (χ0) is 17.4. The summed E-state index contributed by atoms with van der Waals surface area (Å²) in [5, 5.41) is 2.93. The number of rotatable bonds is 6. The maximum absolute atomic E-state index is 12.6. The Bertz CT molecular complexity index is 621. The van der Waals surface area contributed by atoms with Gasteiger partial charge in [-0.2, -0.15) is 0 Å². The first kappa shape index (κ1) is 17.8. The molecule has 0 fully saturated rings. The molecular weight excluding hydrogens is 296 g/mol. The Morgan fingerprint density at radius 2 is 1.42 bits per heavy atom. The van der Waals surface area contributed by atoms with Gasteiger partial charge in [0.05, 0.1) is 0 Å². The molecule has 2 rings (SSSR count). The predicted octanol–water partition coefficient (Wildman–Crippen LogP) is 4.96. The summed E-state index contributed by atoms with van der Waals surface area (Å²) in [7, 11) is 0. The largest absolute Gasteiger partial charge is 0.321 e. The molecule has 0 aliphatic heterocycles. The Hall–Kier alpha value is -2.55. The van der Waals surface area contributed by atoms with Crippen LogP contribution in [0.25, 0.3) is 0 Å². The number of nitrogens with one attached hydrogen (secondary N) is 1. The summed E-state index contributed by atoms with van der Waals surface area (Å²) in [5.74, 6) is 0.419. The van der Waals surface area contributed by atoms with Gasteiger partial charge in [-0.15, -0.1) is 0 Å². The highest BCUT2D eigenvalue weighted by Gasteiger charge is 2.13. The minimum Gasteiger partial charge on any atom is -0.316 e. The minimum atomic E-state index is -0.0808. The van der Waals surface area contributed by atoms with Crippen molar-refractivity contribution in [2.24, 2.45) is 5.92 Å². The molecule has 0 atom stereocenters. The quantitative estimate of drug-likeness (QED) is 0.801. The van der Waals surface area contributed by atoms with Crippen molar-refractivity contribution < 1.29 is 4.79 Å². The lowest BCUT2D eigenvalue weighted by Crippen LogP contribution is -2.36. The lowest BCUT2D eigenvalue weighted by Gasteiger charge is -2.23. The molecule has 0 spiro atoms. The monoisotopic (exact) mass is 322 g/mol. The highest BCUT2D eigenvalue weighted by atomic mass is 16.2. The Balaban J connectivity index is 2.12.